The molecule has 0 saturated heterocycles. The van der Waals surface area contributed by atoms with E-state index in [1.165, 1.54) is 0 Å². The fraction of sp³-hybridized carbons (Fsp3) is 0.188. The molecule has 1 heteroatoms. The van der Waals surface area contributed by atoms with Crippen LogP contribution in [0.4, 0.5) is 0 Å². The van der Waals surface area contributed by atoms with Gasteiger partial charge in [-0.05, 0) is 18.6 Å². The van der Waals surface area contributed by atoms with E-state index >= 15 is 0 Å². The quantitative estimate of drug-likeness (QED) is 0.721. The van der Waals surface area contributed by atoms with Crippen LogP contribution >= 0.6 is 0 Å². The monoisotopic (exact) mass is 224 g/mol. The first kappa shape index (κ1) is 11.6. The molecule has 0 aliphatic carbocycles. The summed E-state index contributed by atoms with van der Waals surface area (Å²) in [6, 6.07) is 17.7. The predicted octanol–water partition coefficient (Wildman–Crippen LogP) is 3.98. The molecule has 86 valence electrons. The molecule has 0 aromatic heterocycles. The molecule has 17 heavy (non-hydrogen) atoms. The molecule has 2 rings (SSSR count). The van der Waals surface area contributed by atoms with Gasteiger partial charge in [0.25, 0.3) is 0 Å². The van der Waals surface area contributed by atoms with Crippen LogP contribution in [0, 0.1) is 6.92 Å². The van der Waals surface area contributed by atoms with E-state index in [2.05, 4.69) is 0 Å². The fourth-order valence-corrected chi connectivity index (χ4v) is 1.94. The second kappa shape index (κ2) is 4.96. The zero-order valence-corrected chi connectivity index (χ0v) is 10.2. The predicted molar refractivity (Wildman–Crippen MR) is 70.4 cm³/mol. The van der Waals surface area contributed by atoms with E-state index in [-0.39, 0.29) is 11.7 Å². The summed E-state index contributed by atoms with van der Waals surface area (Å²) in [6.45, 7) is 3.96. The van der Waals surface area contributed by atoms with Crippen LogP contribution in [0.2, 0.25) is 0 Å². The Labute approximate surface area is 102 Å². The largest absolute Gasteiger partial charge is 0.294 e. The number of aryl methyl sites for hydroxylation is 1. The first-order valence-electron chi connectivity index (χ1n) is 5.84. The number of benzene rings is 2. The van der Waals surface area contributed by atoms with Gasteiger partial charge in [-0.1, -0.05) is 61.0 Å². The van der Waals surface area contributed by atoms with Crippen LogP contribution in [0.1, 0.15) is 34.3 Å². The highest BCUT2D eigenvalue weighted by Crippen LogP contribution is 2.20. The molecule has 0 N–H and O–H groups in total. The minimum atomic E-state index is -0.0852. The van der Waals surface area contributed by atoms with Crippen molar-refractivity contribution in [3.63, 3.8) is 0 Å². The molecular weight excluding hydrogens is 208 g/mol. The maximum Gasteiger partial charge on any atom is 0.170 e. The highest BCUT2D eigenvalue weighted by atomic mass is 16.1. The van der Waals surface area contributed by atoms with Gasteiger partial charge in [-0.2, -0.15) is 0 Å². The molecule has 0 aliphatic rings. The molecule has 2 aromatic rings. The molecule has 1 unspecified atom stereocenters. The van der Waals surface area contributed by atoms with Gasteiger partial charge in [0.1, 0.15) is 0 Å². The minimum absolute atomic E-state index is 0.0852. The van der Waals surface area contributed by atoms with Gasteiger partial charge in [-0.25, -0.2) is 0 Å². The molecule has 0 fully saturated rings. The molecule has 0 radical (unpaired) electrons. The standard InChI is InChI=1S/C16H16O/c1-12-7-6-10-15(11-12)16(17)13(2)14-8-4-3-5-9-14/h3-11,13H,1-2H3. The molecule has 1 nitrogen and oxygen atoms in total. The van der Waals surface area contributed by atoms with Crippen molar-refractivity contribution in [1.29, 1.82) is 0 Å². The second-order valence-electron chi connectivity index (χ2n) is 4.37. The fourth-order valence-electron chi connectivity index (χ4n) is 1.94. The van der Waals surface area contributed by atoms with Crippen molar-refractivity contribution < 1.29 is 4.79 Å². The average Bonchev–Trinajstić information content (AvgIpc) is 2.38. The van der Waals surface area contributed by atoms with Crippen molar-refractivity contribution in [3.8, 4) is 0 Å². The van der Waals surface area contributed by atoms with Gasteiger partial charge in [0, 0.05) is 11.5 Å². The number of Topliss-reactive ketones (excluding diaryl/α,β-unsaturated/α-hetero) is 1. The maximum atomic E-state index is 12.3. The Kier molecular flexibility index (Phi) is 3.38. The van der Waals surface area contributed by atoms with Crippen molar-refractivity contribution in [1.82, 2.24) is 0 Å². The lowest BCUT2D eigenvalue weighted by atomic mass is 9.92. The van der Waals surface area contributed by atoms with E-state index in [1.807, 2.05) is 68.4 Å². The summed E-state index contributed by atoms with van der Waals surface area (Å²) in [5, 5.41) is 0. The Morgan fingerprint density at radius 3 is 2.35 bits per heavy atom. The van der Waals surface area contributed by atoms with Crippen molar-refractivity contribution in [2.75, 3.05) is 0 Å². The van der Waals surface area contributed by atoms with Crippen molar-refractivity contribution in [2.45, 2.75) is 19.8 Å². The zero-order chi connectivity index (χ0) is 12.3. The van der Waals surface area contributed by atoms with E-state index in [4.69, 9.17) is 0 Å². The highest BCUT2D eigenvalue weighted by Gasteiger charge is 2.16. The van der Waals surface area contributed by atoms with E-state index in [0.29, 0.717) is 0 Å². The third kappa shape index (κ3) is 2.62. The summed E-state index contributed by atoms with van der Waals surface area (Å²) in [6.07, 6.45) is 0. The smallest absolute Gasteiger partial charge is 0.170 e. The number of carbonyl (C=O) groups is 1. The zero-order valence-electron chi connectivity index (χ0n) is 10.2. The molecule has 0 aliphatic heterocycles. The van der Waals surface area contributed by atoms with Crippen molar-refractivity contribution in [3.05, 3.63) is 71.3 Å². The molecule has 0 spiro atoms. The Bertz CT molecular complexity index is 514. The number of ketones is 1. The van der Waals surface area contributed by atoms with E-state index in [0.717, 1.165) is 16.7 Å². The lowest BCUT2D eigenvalue weighted by molar-refractivity contribution is 0.0966. The first-order valence-corrected chi connectivity index (χ1v) is 5.84. The Balaban J connectivity index is 2.27. The van der Waals surface area contributed by atoms with E-state index in [9.17, 15) is 4.79 Å². The molecule has 2 aromatic carbocycles. The molecule has 0 saturated carbocycles. The number of rotatable bonds is 3. The minimum Gasteiger partial charge on any atom is -0.294 e. The molecule has 0 amide bonds. The van der Waals surface area contributed by atoms with Gasteiger partial charge < -0.3 is 0 Å². The molecular formula is C16H16O. The normalized spacial score (nSPS) is 12.1. The first-order chi connectivity index (χ1) is 8.18. The Morgan fingerprint density at radius 2 is 1.71 bits per heavy atom. The van der Waals surface area contributed by atoms with Gasteiger partial charge in [-0.15, -0.1) is 0 Å². The van der Waals surface area contributed by atoms with E-state index in [1.54, 1.807) is 0 Å². The van der Waals surface area contributed by atoms with Crippen molar-refractivity contribution in [2.24, 2.45) is 0 Å². The topological polar surface area (TPSA) is 17.1 Å². The van der Waals surface area contributed by atoms with Crippen molar-refractivity contribution >= 4 is 5.78 Å². The van der Waals surface area contributed by atoms with Gasteiger partial charge in [-0.3, -0.25) is 4.79 Å². The summed E-state index contributed by atoms with van der Waals surface area (Å²) < 4.78 is 0. The summed E-state index contributed by atoms with van der Waals surface area (Å²) in [4.78, 5) is 12.3. The van der Waals surface area contributed by atoms with Crippen LogP contribution in [0.5, 0.6) is 0 Å². The van der Waals surface area contributed by atoms with Crippen LogP contribution in [0.15, 0.2) is 54.6 Å². The van der Waals surface area contributed by atoms with Gasteiger partial charge >= 0.3 is 0 Å². The summed E-state index contributed by atoms with van der Waals surface area (Å²) in [5.74, 6) is 0.0953. The van der Waals surface area contributed by atoms with Gasteiger partial charge in [0.15, 0.2) is 5.78 Å². The maximum absolute atomic E-state index is 12.3. The number of hydrogen-bond acceptors (Lipinski definition) is 1. The average molecular weight is 224 g/mol. The summed E-state index contributed by atoms with van der Waals surface area (Å²) >= 11 is 0. The van der Waals surface area contributed by atoms with E-state index < -0.39 is 0 Å². The second-order valence-corrected chi connectivity index (χ2v) is 4.37. The van der Waals surface area contributed by atoms with Crippen LogP contribution in [0.3, 0.4) is 0 Å². The molecule has 0 bridgehead atoms. The lowest BCUT2D eigenvalue weighted by Crippen LogP contribution is -2.09. The SMILES string of the molecule is Cc1cccc(C(=O)C(C)c2ccccc2)c1. The number of carbonyl (C=O) groups excluding carboxylic acids is 1. The number of hydrogen-bond donors (Lipinski definition) is 0. The van der Waals surface area contributed by atoms with Gasteiger partial charge in [0.2, 0.25) is 0 Å². The van der Waals surface area contributed by atoms with Crippen LogP contribution in [-0.4, -0.2) is 5.78 Å². The highest BCUT2D eigenvalue weighted by molar-refractivity contribution is 6.00. The lowest BCUT2D eigenvalue weighted by Gasteiger charge is -2.11. The third-order valence-electron chi connectivity index (χ3n) is 3.00. The Morgan fingerprint density at radius 1 is 1.00 bits per heavy atom. The summed E-state index contributed by atoms with van der Waals surface area (Å²) in [7, 11) is 0. The van der Waals surface area contributed by atoms with Gasteiger partial charge in [0.05, 0.1) is 0 Å². The Hall–Kier alpha value is -1.89. The van der Waals surface area contributed by atoms with Crippen LogP contribution in [-0.2, 0) is 0 Å². The summed E-state index contributed by atoms with van der Waals surface area (Å²) in [5.41, 5.74) is 2.98. The van der Waals surface area contributed by atoms with Crippen LogP contribution < -0.4 is 0 Å². The van der Waals surface area contributed by atoms with Crippen LogP contribution in [0.25, 0.3) is 0 Å². The molecule has 0 heterocycles. The molecule has 1 atom stereocenters. The third-order valence-corrected chi connectivity index (χ3v) is 3.00.